The standard InChI is InChI=1S/C20H19N3O5S/c1-26-16-6-5-14(8-17(16)27-2)22-18(24)11-28-19(25)9-15-12-29-20(23-15)13-4-3-7-21-10-13/h3-8,10,12H,9,11H2,1-2H3,(H,22,24). The van der Waals surface area contributed by atoms with Crippen molar-refractivity contribution < 1.29 is 23.8 Å². The van der Waals surface area contributed by atoms with Gasteiger partial charge in [0.05, 0.1) is 26.3 Å². The summed E-state index contributed by atoms with van der Waals surface area (Å²) in [6, 6.07) is 8.67. The zero-order valence-corrected chi connectivity index (χ0v) is 16.7. The first-order valence-electron chi connectivity index (χ1n) is 8.61. The highest BCUT2D eigenvalue weighted by Crippen LogP contribution is 2.29. The maximum absolute atomic E-state index is 12.0. The zero-order chi connectivity index (χ0) is 20.6. The summed E-state index contributed by atoms with van der Waals surface area (Å²) >= 11 is 1.42. The SMILES string of the molecule is COc1ccc(NC(=O)COC(=O)Cc2csc(-c3cccnc3)n2)cc1OC. The molecule has 0 saturated carbocycles. The first kappa shape index (κ1) is 20.3. The smallest absolute Gasteiger partial charge is 0.312 e. The summed E-state index contributed by atoms with van der Waals surface area (Å²) in [6.07, 6.45) is 3.38. The van der Waals surface area contributed by atoms with Crippen molar-refractivity contribution in [2.75, 3.05) is 26.1 Å². The molecule has 1 N–H and O–H groups in total. The Kier molecular flexibility index (Phi) is 6.75. The van der Waals surface area contributed by atoms with E-state index in [0.29, 0.717) is 22.9 Å². The van der Waals surface area contributed by atoms with Gasteiger partial charge in [-0.05, 0) is 24.3 Å². The zero-order valence-electron chi connectivity index (χ0n) is 15.9. The topological polar surface area (TPSA) is 99.6 Å². The predicted molar refractivity (Wildman–Crippen MR) is 108 cm³/mol. The number of esters is 1. The summed E-state index contributed by atoms with van der Waals surface area (Å²) in [5.74, 6) is 0.0384. The molecule has 29 heavy (non-hydrogen) atoms. The minimum Gasteiger partial charge on any atom is -0.493 e. The number of anilines is 1. The molecule has 0 aliphatic carbocycles. The number of nitrogens with one attached hydrogen (secondary N) is 1. The molecule has 3 rings (SSSR count). The number of benzene rings is 1. The Labute approximate surface area is 171 Å². The normalized spacial score (nSPS) is 10.3. The lowest BCUT2D eigenvalue weighted by Crippen LogP contribution is -2.21. The number of hydrogen-bond acceptors (Lipinski definition) is 8. The van der Waals surface area contributed by atoms with Gasteiger partial charge in [-0.2, -0.15) is 0 Å². The summed E-state index contributed by atoms with van der Waals surface area (Å²) in [4.78, 5) is 32.5. The second kappa shape index (κ2) is 9.65. The molecule has 1 aromatic carbocycles. The monoisotopic (exact) mass is 413 g/mol. The fraction of sp³-hybridized carbons (Fsp3) is 0.200. The van der Waals surface area contributed by atoms with Gasteiger partial charge in [0, 0.05) is 35.1 Å². The van der Waals surface area contributed by atoms with E-state index in [4.69, 9.17) is 14.2 Å². The van der Waals surface area contributed by atoms with Crippen LogP contribution in [0.3, 0.4) is 0 Å². The van der Waals surface area contributed by atoms with Gasteiger partial charge in [0.2, 0.25) is 0 Å². The highest BCUT2D eigenvalue weighted by Gasteiger charge is 2.13. The molecular formula is C20H19N3O5S. The Morgan fingerprint density at radius 2 is 1.97 bits per heavy atom. The summed E-state index contributed by atoms with van der Waals surface area (Å²) in [6.45, 7) is -0.396. The van der Waals surface area contributed by atoms with Crippen LogP contribution >= 0.6 is 11.3 Å². The number of carbonyl (C=O) groups is 2. The molecule has 0 spiro atoms. The van der Waals surface area contributed by atoms with Crippen molar-refractivity contribution in [2.24, 2.45) is 0 Å². The third-order valence-corrected chi connectivity index (χ3v) is 4.76. The van der Waals surface area contributed by atoms with Gasteiger partial charge in [0.25, 0.3) is 5.91 Å². The second-order valence-electron chi connectivity index (χ2n) is 5.84. The maximum atomic E-state index is 12.0. The number of hydrogen-bond donors (Lipinski definition) is 1. The summed E-state index contributed by atoms with van der Waals surface area (Å²) < 4.78 is 15.4. The van der Waals surface area contributed by atoms with Crippen molar-refractivity contribution in [3.63, 3.8) is 0 Å². The first-order valence-corrected chi connectivity index (χ1v) is 9.49. The van der Waals surface area contributed by atoms with Crippen molar-refractivity contribution in [3.05, 3.63) is 53.8 Å². The van der Waals surface area contributed by atoms with E-state index in [-0.39, 0.29) is 6.42 Å². The van der Waals surface area contributed by atoms with Crippen molar-refractivity contribution in [1.29, 1.82) is 0 Å². The molecule has 0 aliphatic heterocycles. The van der Waals surface area contributed by atoms with Crippen LogP contribution in [0.15, 0.2) is 48.1 Å². The molecule has 0 atom stereocenters. The summed E-state index contributed by atoms with van der Waals surface area (Å²) in [7, 11) is 3.03. The number of amides is 1. The largest absolute Gasteiger partial charge is 0.493 e. The quantitative estimate of drug-likeness (QED) is 0.567. The lowest BCUT2D eigenvalue weighted by Gasteiger charge is -2.10. The van der Waals surface area contributed by atoms with Crippen molar-refractivity contribution in [1.82, 2.24) is 9.97 Å². The van der Waals surface area contributed by atoms with E-state index in [1.54, 1.807) is 36.0 Å². The van der Waals surface area contributed by atoms with Crippen LogP contribution in [0.25, 0.3) is 10.6 Å². The van der Waals surface area contributed by atoms with E-state index in [1.807, 2.05) is 12.1 Å². The molecule has 0 unspecified atom stereocenters. The number of aromatic nitrogens is 2. The van der Waals surface area contributed by atoms with Gasteiger partial charge in [-0.25, -0.2) is 4.98 Å². The number of pyridine rings is 1. The molecule has 0 fully saturated rings. The first-order chi connectivity index (χ1) is 14.1. The lowest BCUT2D eigenvalue weighted by atomic mass is 10.2. The van der Waals surface area contributed by atoms with E-state index in [2.05, 4.69) is 15.3 Å². The molecule has 2 aromatic heterocycles. The molecule has 150 valence electrons. The van der Waals surface area contributed by atoms with Crippen LogP contribution in [0.2, 0.25) is 0 Å². The second-order valence-corrected chi connectivity index (χ2v) is 6.70. The van der Waals surface area contributed by atoms with Gasteiger partial charge < -0.3 is 19.5 Å². The van der Waals surface area contributed by atoms with Crippen LogP contribution < -0.4 is 14.8 Å². The van der Waals surface area contributed by atoms with E-state index < -0.39 is 18.5 Å². The van der Waals surface area contributed by atoms with Gasteiger partial charge in [0.1, 0.15) is 5.01 Å². The molecule has 9 heteroatoms. The minimum absolute atomic E-state index is 0.0135. The van der Waals surface area contributed by atoms with E-state index >= 15 is 0 Å². The molecule has 8 nitrogen and oxygen atoms in total. The van der Waals surface area contributed by atoms with Crippen LogP contribution in [0, 0.1) is 0 Å². The van der Waals surface area contributed by atoms with Crippen LogP contribution in [0.5, 0.6) is 11.5 Å². The fourth-order valence-corrected chi connectivity index (χ4v) is 3.28. The third kappa shape index (κ3) is 5.52. The van der Waals surface area contributed by atoms with Crippen molar-refractivity contribution in [2.45, 2.75) is 6.42 Å². The highest BCUT2D eigenvalue weighted by atomic mass is 32.1. The number of rotatable bonds is 8. The van der Waals surface area contributed by atoms with Crippen LogP contribution in [-0.2, 0) is 20.7 Å². The number of carbonyl (C=O) groups excluding carboxylic acids is 2. The average molecular weight is 413 g/mol. The number of thiazole rings is 1. The van der Waals surface area contributed by atoms with Gasteiger partial charge in [0.15, 0.2) is 18.1 Å². The highest BCUT2D eigenvalue weighted by molar-refractivity contribution is 7.13. The number of methoxy groups -OCH3 is 2. The summed E-state index contributed by atoms with van der Waals surface area (Å²) in [5, 5.41) is 5.20. The number of nitrogens with zero attached hydrogens (tertiary/aromatic N) is 2. The Hall–Kier alpha value is -3.46. The predicted octanol–water partition coefficient (Wildman–Crippen LogP) is 2.95. The van der Waals surface area contributed by atoms with Crippen LogP contribution in [-0.4, -0.2) is 42.7 Å². The van der Waals surface area contributed by atoms with Crippen molar-refractivity contribution in [3.8, 4) is 22.1 Å². The molecule has 0 bridgehead atoms. The number of ether oxygens (including phenoxy) is 3. The lowest BCUT2D eigenvalue weighted by molar-refractivity contribution is -0.146. The Bertz CT molecular complexity index is 991. The fourth-order valence-electron chi connectivity index (χ4n) is 2.47. The third-order valence-electron chi connectivity index (χ3n) is 3.82. The van der Waals surface area contributed by atoms with Gasteiger partial charge >= 0.3 is 5.97 Å². The van der Waals surface area contributed by atoms with Gasteiger partial charge in [-0.3, -0.25) is 14.6 Å². The van der Waals surface area contributed by atoms with Crippen molar-refractivity contribution >= 4 is 28.9 Å². The summed E-state index contributed by atoms with van der Waals surface area (Å²) in [5.41, 5.74) is 1.97. The van der Waals surface area contributed by atoms with E-state index in [1.165, 1.54) is 25.6 Å². The van der Waals surface area contributed by atoms with Gasteiger partial charge in [-0.1, -0.05) is 0 Å². The van der Waals surface area contributed by atoms with E-state index in [9.17, 15) is 9.59 Å². The molecule has 2 heterocycles. The average Bonchev–Trinajstić information content (AvgIpc) is 3.21. The van der Waals surface area contributed by atoms with Crippen LogP contribution in [0.1, 0.15) is 5.69 Å². The molecule has 0 saturated heterocycles. The molecule has 3 aromatic rings. The molecule has 0 radical (unpaired) electrons. The maximum Gasteiger partial charge on any atom is 0.312 e. The molecular weight excluding hydrogens is 394 g/mol. The minimum atomic E-state index is -0.532. The Morgan fingerprint density at radius 3 is 2.69 bits per heavy atom. The van der Waals surface area contributed by atoms with Gasteiger partial charge in [-0.15, -0.1) is 11.3 Å². The molecule has 1 amide bonds. The molecule has 0 aliphatic rings. The van der Waals surface area contributed by atoms with Crippen LogP contribution in [0.4, 0.5) is 5.69 Å². The Morgan fingerprint density at radius 1 is 1.14 bits per heavy atom. The van der Waals surface area contributed by atoms with E-state index in [0.717, 1.165) is 10.6 Å². The Balaban J connectivity index is 1.49.